The van der Waals surface area contributed by atoms with Crippen LogP contribution in [0.25, 0.3) is 22.2 Å². The van der Waals surface area contributed by atoms with Crippen molar-refractivity contribution >= 4 is 22.6 Å². The largest absolute Gasteiger partial charge is 0.494 e. The molecule has 2 N–H and O–H groups in total. The highest BCUT2D eigenvalue weighted by Crippen LogP contribution is 2.36. The molecule has 0 radical (unpaired) electrons. The van der Waals surface area contributed by atoms with Crippen molar-refractivity contribution in [1.29, 1.82) is 5.26 Å². The number of carbonyl (C=O) groups is 1. The third kappa shape index (κ3) is 5.69. The van der Waals surface area contributed by atoms with Crippen molar-refractivity contribution in [3.05, 3.63) is 83.9 Å². The minimum Gasteiger partial charge on any atom is -0.494 e. The molecule has 4 aromatic rings. The Morgan fingerprint density at radius 2 is 1.81 bits per heavy atom. The van der Waals surface area contributed by atoms with Gasteiger partial charge in [0.15, 0.2) is 0 Å². The van der Waals surface area contributed by atoms with Crippen LogP contribution in [-0.4, -0.2) is 23.7 Å². The monoisotopic (exact) mass is 480 g/mol. The van der Waals surface area contributed by atoms with E-state index in [1.165, 1.54) is 5.56 Å². The van der Waals surface area contributed by atoms with Crippen LogP contribution in [0.3, 0.4) is 0 Å². The number of nitrogens with one attached hydrogen (secondary N) is 2. The molecule has 0 bridgehead atoms. The van der Waals surface area contributed by atoms with Crippen LogP contribution in [0.2, 0.25) is 0 Å². The maximum Gasteiger partial charge on any atom is 0.319 e. The van der Waals surface area contributed by atoms with Crippen LogP contribution >= 0.6 is 0 Å². The third-order valence-electron chi connectivity index (χ3n) is 6.15. The van der Waals surface area contributed by atoms with Gasteiger partial charge in [0.2, 0.25) is 0 Å². The molecule has 0 fully saturated rings. The lowest BCUT2D eigenvalue weighted by atomic mass is 10.1. The summed E-state index contributed by atoms with van der Waals surface area (Å²) in [5.41, 5.74) is 5.37. The normalized spacial score (nSPS) is 10.7. The van der Waals surface area contributed by atoms with Crippen molar-refractivity contribution in [1.82, 2.24) is 9.88 Å². The Labute approximate surface area is 212 Å². The van der Waals surface area contributed by atoms with Gasteiger partial charge in [-0.3, -0.25) is 0 Å². The number of hydrogen-bond acceptors (Lipinski definition) is 3. The molecule has 6 heteroatoms. The van der Waals surface area contributed by atoms with Crippen molar-refractivity contribution in [2.75, 3.05) is 18.5 Å². The van der Waals surface area contributed by atoms with E-state index in [0.717, 1.165) is 53.7 Å². The second kappa shape index (κ2) is 11.9. The van der Waals surface area contributed by atoms with Crippen LogP contribution < -0.4 is 15.4 Å². The van der Waals surface area contributed by atoms with Crippen LogP contribution in [-0.2, 0) is 13.0 Å². The zero-order valence-corrected chi connectivity index (χ0v) is 20.9. The maximum atomic E-state index is 12.4. The van der Waals surface area contributed by atoms with E-state index < -0.39 is 0 Å². The van der Waals surface area contributed by atoms with Crippen molar-refractivity contribution in [2.45, 2.75) is 39.7 Å². The van der Waals surface area contributed by atoms with Gasteiger partial charge in [-0.05, 0) is 55.2 Å². The molecule has 4 rings (SSSR count). The highest BCUT2D eigenvalue weighted by atomic mass is 16.5. The van der Waals surface area contributed by atoms with Crippen LogP contribution in [0, 0.1) is 11.3 Å². The van der Waals surface area contributed by atoms with Crippen LogP contribution in [0.4, 0.5) is 10.5 Å². The van der Waals surface area contributed by atoms with Crippen LogP contribution in [0.15, 0.2) is 72.8 Å². The molecule has 0 unspecified atom stereocenters. The zero-order valence-electron chi connectivity index (χ0n) is 20.9. The molecule has 6 nitrogen and oxygen atoms in total. The van der Waals surface area contributed by atoms with Crippen LogP contribution in [0.1, 0.15) is 37.8 Å². The van der Waals surface area contributed by atoms with E-state index in [-0.39, 0.29) is 6.03 Å². The minimum absolute atomic E-state index is 0.239. The second-order valence-corrected chi connectivity index (χ2v) is 8.65. The molecule has 3 aromatic carbocycles. The number of hydrogen-bond donors (Lipinski definition) is 2. The van der Waals surface area contributed by atoms with Gasteiger partial charge in [0.05, 0.1) is 23.4 Å². The molecule has 0 aliphatic carbocycles. The molecule has 2 amide bonds. The first-order valence-corrected chi connectivity index (χ1v) is 12.5. The molecule has 1 aromatic heterocycles. The first-order chi connectivity index (χ1) is 17.6. The molecule has 0 aliphatic rings. The summed E-state index contributed by atoms with van der Waals surface area (Å²) in [4.78, 5) is 12.4. The average Bonchev–Trinajstić information content (AvgIpc) is 3.21. The summed E-state index contributed by atoms with van der Waals surface area (Å²) in [5.74, 6) is 0.800. The van der Waals surface area contributed by atoms with Gasteiger partial charge in [-0.1, -0.05) is 55.8 Å². The van der Waals surface area contributed by atoms with Gasteiger partial charge in [-0.2, -0.15) is 5.26 Å². The number of aryl methyl sites for hydroxylation is 1. The molecule has 0 atom stereocenters. The Hall–Kier alpha value is -4.24. The molecule has 0 saturated heterocycles. The Morgan fingerprint density at radius 3 is 2.50 bits per heavy atom. The molecule has 0 spiro atoms. The van der Waals surface area contributed by atoms with Crippen molar-refractivity contribution < 1.29 is 9.53 Å². The number of nitriles is 1. The van der Waals surface area contributed by atoms with Gasteiger partial charge >= 0.3 is 6.03 Å². The molecule has 1 heterocycles. The quantitative estimate of drug-likeness (QED) is 0.264. The summed E-state index contributed by atoms with van der Waals surface area (Å²) < 4.78 is 7.95. The number of carbonyl (C=O) groups excluding carboxylic acids is 1. The summed E-state index contributed by atoms with van der Waals surface area (Å²) >= 11 is 0. The number of nitrogens with zero attached hydrogens (tertiary/aromatic N) is 2. The fourth-order valence-electron chi connectivity index (χ4n) is 4.40. The molecule has 184 valence electrons. The Kier molecular flexibility index (Phi) is 8.25. The van der Waals surface area contributed by atoms with Gasteiger partial charge in [0.25, 0.3) is 0 Å². The summed E-state index contributed by atoms with van der Waals surface area (Å²) in [7, 11) is 0. The number of amides is 2. The average molecular weight is 481 g/mol. The SMILES string of the molecule is CCCCn1c(-c2ccc(NC(=O)NCCc3ccccc3)cc2)c(C#N)c2ccc(OCC)cc21. The highest BCUT2D eigenvalue weighted by molar-refractivity contribution is 5.96. The predicted molar refractivity (Wildman–Crippen MR) is 145 cm³/mol. The lowest BCUT2D eigenvalue weighted by molar-refractivity contribution is 0.252. The molecular weight excluding hydrogens is 448 g/mol. The van der Waals surface area contributed by atoms with Gasteiger partial charge in [0, 0.05) is 30.2 Å². The molecule has 0 saturated carbocycles. The van der Waals surface area contributed by atoms with Crippen molar-refractivity contribution in [2.24, 2.45) is 0 Å². The Morgan fingerprint density at radius 1 is 1.03 bits per heavy atom. The molecular formula is C30H32N4O2. The first kappa shape index (κ1) is 24.9. The van der Waals surface area contributed by atoms with Gasteiger partial charge in [-0.15, -0.1) is 0 Å². The van der Waals surface area contributed by atoms with E-state index in [4.69, 9.17) is 4.74 Å². The maximum absolute atomic E-state index is 12.4. The smallest absolute Gasteiger partial charge is 0.319 e. The van der Waals surface area contributed by atoms with E-state index in [1.807, 2.05) is 79.7 Å². The number of fused-ring (bicyclic) bond motifs is 1. The summed E-state index contributed by atoms with van der Waals surface area (Å²) in [6.07, 6.45) is 2.83. The highest BCUT2D eigenvalue weighted by Gasteiger charge is 2.19. The van der Waals surface area contributed by atoms with E-state index in [0.29, 0.717) is 24.4 Å². The number of unbranched alkanes of at least 4 members (excludes halogenated alkanes) is 1. The number of ether oxygens (including phenoxy) is 1. The predicted octanol–water partition coefficient (Wildman–Crippen LogP) is 6.74. The fraction of sp³-hybridized carbons (Fsp3) is 0.267. The number of anilines is 1. The van der Waals surface area contributed by atoms with Gasteiger partial charge in [-0.25, -0.2) is 4.79 Å². The van der Waals surface area contributed by atoms with E-state index in [9.17, 15) is 10.1 Å². The molecule has 0 aliphatic heterocycles. The van der Waals surface area contributed by atoms with E-state index in [2.05, 4.69) is 28.2 Å². The van der Waals surface area contributed by atoms with E-state index >= 15 is 0 Å². The summed E-state index contributed by atoms with van der Waals surface area (Å²) in [5, 5.41) is 16.8. The number of rotatable bonds is 10. The number of urea groups is 1. The number of benzene rings is 3. The van der Waals surface area contributed by atoms with Crippen molar-refractivity contribution in [3.63, 3.8) is 0 Å². The Bertz CT molecular complexity index is 1350. The Balaban J connectivity index is 1.54. The summed E-state index contributed by atoms with van der Waals surface area (Å²) in [6.45, 7) is 6.08. The second-order valence-electron chi connectivity index (χ2n) is 8.65. The van der Waals surface area contributed by atoms with Crippen molar-refractivity contribution in [3.8, 4) is 23.1 Å². The topological polar surface area (TPSA) is 79.1 Å². The third-order valence-corrected chi connectivity index (χ3v) is 6.15. The first-order valence-electron chi connectivity index (χ1n) is 12.5. The van der Waals surface area contributed by atoms with Crippen LogP contribution in [0.5, 0.6) is 5.75 Å². The lowest BCUT2D eigenvalue weighted by Gasteiger charge is -2.13. The van der Waals surface area contributed by atoms with Gasteiger partial charge < -0.3 is 19.9 Å². The van der Waals surface area contributed by atoms with Gasteiger partial charge in [0.1, 0.15) is 11.8 Å². The molecule has 36 heavy (non-hydrogen) atoms. The standard InChI is InChI=1S/C30H32N4O2/c1-3-5-19-34-28-20-25(36-4-2)15-16-26(28)27(21-31)29(34)23-11-13-24(14-12-23)33-30(35)32-18-17-22-9-7-6-8-10-22/h6-16,20H,3-5,17-19H2,1-2H3,(H2,32,33,35). The zero-order chi connectivity index (χ0) is 25.3. The fourth-order valence-corrected chi connectivity index (χ4v) is 4.40. The summed E-state index contributed by atoms with van der Waals surface area (Å²) in [6, 6.07) is 25.8. The lowest BCUT2D eigenvalue weighted by Crippen LogP contribution is -2.30. The van der Waals surface area contributed by atoms with E-state index in [1.54, 1.807) is 0 Å². The number of aromatic nitrogens is 1. The minimum atomic E-state index is -0.239.